The van der Waals surface area contributed by atoms with Crippen molar-refractivity contribution in [2.24, 2.45) is 0 Å². The number of nitrogens with zero attached hydrogens (tertiary/aromatic N) is 1. The number of hydrogen-bond acceptors (Lipinski definition) is 5. The summed E-state index contributed by atoms with van der Waals surface area (Å²) < 4.78 is 54.5. The van der Waals surface area contributed by atoms with Crippen molar-refractivity contribution < 1.29 is 37.0 Å². The van der Waals surface area contributed by atoms with Crippen molar-refractivity contribution in [1.82, 2.24) is 4.90 Å². The van der Waals surface area contributed by atoms with Gasteiger partial charge in [0.05, 0.1) is 32.9 Å². The van der Waals surface area contributed by atoms with Gasteiger partial charge in [0.25, 0.3) is 0 Å². The van der Waals surface area contributed by atoms with Gasteiger partial charge >= 0.3 is 6.18 Å². The maximum atomic E-state index is 12.9. The van der Waals surface area contributed by atoms with Crippen LogP contribution in [0, 0.1) is 0 Å². The number of ether oxygens (including phenoxy) is 3. The van der Waals surface area contributed by atoms with Crippen LogP contribution in [-0.2, 0) is 27.0 Å². The van der Waals surface area contributed by atoms with E-state index in [0.717, 1.165) is 12.1 Å². The summed E-state index contributed by atoms with van der Waals surface area (Å²) >= 11 is 0. The standard InChI is InChI=1S/C21H21F3N2O5/c1-29-16-7-6-13(18(9-16)30-2)10-26-17(11-31-12-19(26)27)20(28)25-15-5-3-4-14(8-15)21(22,23)24/h3-9,17H,10-12H2,1-2H3,(H,25,28)/t17-/m0/s1. The summed E-state index contributed by atoms with van der Waals surface area (Å²) in [7, 11) is 2.98. The number of hydrogen-bond donors (Lipinski definition) is 1. The summed E-state index contributed by atoms with van der Waals surface area (Å²) in [6, 6.07) is 8.31. The lowest BCUT2D eigenvalue weighted by atomic mass is 10.1. The fraction of sp³-hybridized carbons (Fsp3) is 0.333. The number of morpholine rings is 1. The van der Waals surface area contributed by atoms with Crippen LogP contribution in [0.5, 0.6) is 11.5 Å². The molecule has 2 amide bonds. The maximum absolute atomic E-state index is 12.9. The first-order valence-electron chi connectivity index (χ1n) is 9.29. The van der Waals surface area contributed by atoms with E-state index in [1.54, 1.807) is 18.2 Å². The van der Waals surface area contributed by atoms with Crippen LogP contribution in [0.1, 0.15) is 11.1 Å². The number of carbonyl (C=O) groups is 2. The molecule has 1 fully saturated rings. The van der Waals surface area contributed by atoms with Crippen molar-refractivity contribution in [3.05, 3.63) is 53.6 Å². The minimum atomic E-state index is -4.54. The van der Waals surface area contributed by atoms with Crippen LogP contribution in [0.3, 0.4) is 0 Å². The number of alkyl halides is 3. The third-order valence-electron chi connectivity index (χ3n) is 4.79. The second kappa shape index (κ2) is 9.25. The Hall–Kier alpha value is -3.27. The van der Waals surface area contributed by atoms with E-state index in [2.05, 4.69) is 5.32 Å². The molecule has 0 saturated carbocycles. The van der Waals surface area contributed by atoms with E-state index in [0.29, 0.717) is 17.1 Å². The van der Waals surface area contributed by atoms with E-state index >= 15 is 0 Å². The molecule has 0 unspecified atom stereocenters. The monoisotopic (exact) mass is 438 g/mol. The smallest absolute Gasteiger partial charge is 0.416 e. The molecule has 3 rings (SSSR count). The Balaban J connectivity index is 1.81. The zero-order chi connectivity index (χ0) is 22.6. The van der Waals surface area contributed by atoms with Crippen molar-refractivity contribution in [3.63, 3.8) is 0 Å². The van der Waals surface area contributed by atoms with Crippen LogP contribution in [0.4, 0.5) is 18.9 Å². The van der Waals surface area contributed by atoms with Gasteiger partial charge in [0.15, 0.2) is 0 Å². The molecule has 10 heteroatoms. The summed E-state index contributed by atoms with van der Waals surface area (Å²) in [6.45, 7) is -0.239. The fourth-order valence-electron chi connectivity index (χ4n) is 3.19. The molecule has 1 aliphatic heterocycles. The van der Waals surface area contributed by atoms with Crippen molar-refractivity contribution in [1.29, 1.82) is 0 Å². The van der Waals surface area contributed by atoms with E-state index in [1.165, 1.54) is 31.3 Å². The lowest BCUT2D eigenvalue weighted by Gasteiger charge is -2.34. The maximum Gasteiger partial charge on any atom is 0.416 e. The summed E-state index contributed by atoms with van der Waals surface area (Å²) in [5, 5.41) is 2.44. The molecule has 166 valence electrons. The summed E-state index contributed by atoms with van der Waals surface area (Å²) in [6.07, 6.45) is -4.54. The highest BCUT2D eigenvalue weighted by atomic mass is 19.4. The van der Waals surface area contributed by atoms with Crippen LogP contribution in [0.15, 0.2) is 42.5 Å². The Labute approximate surface area is 176 Å². The van der Waals surface area contributed by atoms with Crippen LogP contribution >= 0.6 is 0 Å². The first-order valence-corrected chi connectivity index (χ1v) is 9.29. The number of halogens is 3. The van der Waals surface area contributed by atoms with Gasteiger partial charge in [-0.25, -0.2) is 0 Å². The van der Waals surface area contributed by atoms with Gasteiger partial charge in [-0.05, 0) is 30.3 Å². The van der Waals surface area contributed by atoms with Crippen molar-refractivity contribution in [2.75, 3.05) is 32.8 Å². The second-order valence-corrected chi connectivity index (χ2v) is 6.80. The Morgan fingerprint density at radius 3 is 2.65 bits per heavy atom. The zero-order valence-corrected chi connectivity index (χ0v) is 16.9. The molecule has 2 aromatic rings. The van der Waals surface area contributed by atoms with Gasteiger partial charge in [-0.1, -0.05) is 6.07 Å². The summed E-state index contributed by atoms with van der Waals surface area (Å²) in [5.41, 5.74) is -0.281. The minimum absolute atomic E-state index is 0.0279. The van der Waals surface area contributed by atoms with E-state index in [-0.39, 0.29) is 25.4 Å². The van der Waals surface area contributed by atoms with Gasteiger partial charge in [-0.3, -0.25) is 9.59 Å². The van der Waals surface area contributed by atoms with E-state index in [4.69, 9.17) is 14.2 Å². The highest BCUT2D eigenvalue weighted by Crippen LogP contribution is 2.31. The van der Waals surface area contributed by atoms with E-state index in [1.807, 2.05) is 0 Å². The molecule has 1 N–H and O–H groups in total. The molecule has 1 saturated heterocycles. The molecular weight excluding hydrogens is 417 g/mol. The Morgan fingerprint density at radius 2 is 1.97 bits per heavy atom. The molecule has 0 radical (unpaired) electrons. The molecule has 0 aromatic heterocycles. The van der Waals surface area contributed by atoms with Gasteiger partial charge in [0.1, 0.15) is 24.1 Å². The van der Waals surface area contributed by atoms with Gasteiger partial charge in [-0.2, -0.15) is 13.2 Å². The number of amides is 2. The number of carbonyl (C=O) groups excluding carboxylic acids is 2. The predicted octanol–water partition coefficient (Wildman–Crippen LogP) is 3.09. The first-order chi connectivity index (χ1) is 14.7. The normalized spacial score (nSPS) is 16.7. The highest BCUT2D eigenvalue weighted by molar-refractivity contribution is 5.98. The molecule has 0 bridgehead atoms. The van der Waals surface area contributed by atoms with Gasteiger partial charge in [0.2, 0.25) is 11.8 Å². The Morgan fingerprint density at radius 1 is 1.19 bits per heavy atom. The van der Waals surface area contributed by atoms with Gasteiger partial charge < -0.3 is 24.4 Å². The largest absolute Gasteiger partial charge is 0.497 e. The van der Waals surface area contributed by atoms with Crippen molar-refractivity contribution in [2.45, 2.75) is 18.8 Å². The molecule has 1 atom stereocenters. The zero-order valence-electron chi connectivity index (χ0n) is 16.9. The minimum Gasteiger partial charge on any atom is -0.497 e. The quantitative estimate of drug-likeness (QED) is 0.750. The van der Waals surface area contributed by atoms with Gasteiger partial charge in [-0.15, -0.1) is 0 Å². The number of anilines is 1. The summed E-state index contributed by atoms with van der Waals surface area (Å²) in [5.74, 6) is -0.0448. The van der Waals surface area contributed by atoms with Crippen LogP contribution in [0.2, 0.25) is 0 Å². The average molecular weight is 438 g/mol. The molecule has 31 heavy (non-hydrogen) atoms. The summed E-state index contributed by atoms with van der Waals surface area (Å²) in [4.78, 5) is 26.6. The number of rotatable bonds is 6. The molecule has 0 spiro atoms. The van der Waals surface area contributed by atoms with E-state index in [9.17, 15) is 22.8 Å². The third-order valence-corrected chi connectivity index (χ3v) is 4.79. The predicted molar refractivity (Wildman–Crippen MR) is 105 cm³/mol. The number of nitrogens with one attached hydrogen (secondary N) is 1. The molecular formula is C21H21F3N2O5. The lowest BCUT2D eigenvalue weighted by molar-refractivity contribution is -0.154. The SMILES string of the molecule is COc1ccc(CN2C(=O)COC[C@H]2C(=O)Nc2cccc(C(F)(F)F)c2)c(OC)c1. The van der Waals surface area contributed by atoms with Crippen molar-refractivity contribution in [3.8, 4) is 11.5 Å². The fourth-order valence-corrected chi connectivity index (χ4v) is 3.19. The number of methoxy groups -OCH3 is 2. The van der Waals surface area contributed by atoms with E-state index < -0.39 is 29.6 Å². The second-order valence-electron chi connectivity index (χ2n) is 6.80. The average Bonchev–Trinajstić information content (AvgIpc) is 2.74. The van der Waals surface area contributed by atoms with Crippen LogP contribution in [0.25, 0.3) is 0 Å². The molecule has 1 heterocycles. The van der Waals surface area contributed by atoms with Gasteiger partial charge in [0, 0.05) is 17.3 Å². The highest BCUT2D eigenvalue weighted by Gasteiger charge is 2.35. The first kappa shape index (κ1) is 22.4. The molecule has 0 aliphatic carbocycles. The molecule has 2 aromatic carbocycles. The van der Waals surface area contributed by atoms with Crippen molar-refractivity contribution >= 4 is 17.5 Å². The molecule has 1 aliphatic rings. The molecule has 7 nitrogen and oxygen atoms in total. The Kier molecular flexibility index (Phi) is 6.69. The topological polar surface area (TPSA) is 77.1 Å². The number of benzene rings is 2. The van der Waals surface area contributed by atoms with Crippen LogP contribution in [-0.4, -0.2) is 50.2 Å². The lowest BCUT2D eigenvalue weighted by Crippen LogP contribution is -2.54. The Bertz CT molecular complexity index is 964. The third kappa shape index (κ3) is 5.26. The van der Waals surface area contributed by atoms with Crippen LogP contribution < -0.4 is 14.8 Å².